The van der Waals surface area contributed by atoms with Gasteiger partial charge in [0.1, 0.15) is 12.6 Å². The van der Waals surface area contributed by atoms with Gasteiger partial charge in [0, 0.05) is 0 Å². The molecule has 1 aliphatic heterocycles. The van der Waals surface area contributed by atoms with E-state index in [1.54, 1.807) is 5.48 Å². The first-order valence-corrected chi connectivity index (χ1v) is 3.83. The molecular weight excluding hydrogens is 243 g/mol. The zero-order chi connectivity index (χ0) is 12.6. The number of carbonyl (C=O) groups excluding carboxylic acids is 2. The summed E-state index contributed by atoms with van der Waals surface area (Å²) < 4.78 is 59.9. The van der Waals surface area contributed by atoms with Crippen LogP contribution in [0.15, 0.2) is 0 Å². The summed E-state index contributed by atoms with van der Waals surface area (Å²) in [4.78, 5) is 25.5. The maximum absolute atomic E-state index is 12.4. The average molecular weight is 248 g/mol. The number of rotatable bonds is 2. The van der Waals surface area contributed by atoms with Crippen LogP contribution in [0.3, 0.4) is 0 Å². The van der Waals surface area contributed by atoms with Crippen molar-refractivity contribution in [2.75, 3.05) is 6.61 Å². The fourth-order valence-corrected chi connectivity index (χ4v) is 0.828. The van der Waals surface area contributed by atoms with Crippen LogP contribution in [-0.4, -0.2) is 36.6 Å². The first kappa shape index (κ1) is 12.6. The summed E-state index contributed by atoms with van der Waals surface area (Å²) >= 11 is 0. The van der Waals surface area contributed by atoms with E-state index in [4.69, 9.17) is 0 Å². The van der Waals surface area contributed by atoms with Crippen LogP contribution < -0.4 is 10.8 Å². The Morgan fingerprint density at radius 2 is 1.94 bits per heavy atom. The molecule has 0 saturated carbocycles. The van der Waals surface area contributed by atoms with Crippen molar-refractivity contribution in [1.82, 2.24) is 10.8 Å². The van der Waals surface area contributed by atoms with E-state index >= 15 is 0 Å². The lowest BCUT2D eigenvalue weighted by Crippen LogP contribution is -2.54. The van der Waals surface area contributed by atoms with Crippen molar-refractivity contribution >= 4 is 11.8 Å². The van der Waals surface area contributed by atoms with Gasteiger partial charge in [-0.15, -0.1) is 0 Å². The highest BCUT2D eigenvalue weighted by atomic mass is 19.4. The Bertz CT molecular complexity index is 316. The zero-order valence-electron chi connectivity index (χ0n) is 7.40. The minimum atomic E-state index is -6.01. The Balaban J connectivity index is 2.68. The Labute approximate surface area is 84.9 Å². The molecule has 10 heteroatoms. The lowest BCUT2D eigenvalue weighted by Gasteiger charge is -2.19. The third-order valence-electron chi connectivity index (χ3n) is 1.69. The number of halogens is 5. The third kappa shape index (κ3) is 2.21. The number of nitrogens with one attached hydrogen (secondary N) is 2. The van der Waals surface area contributed by atoms with E-state index in [0.717, 1.165) is 0 Å². The maximum atomic E-state index is 12.4. The van der Waals surface area contributed by atoms with E-state index in [-0.39, 0.29) is 0 Å². The standard InChI is InChI=1S/C6H5F5N2O3/c7-5(8,6(9,10)11)4(15)12-2-1-16-13-3(2)14/h2H,1H2,(H,12,15)(H,13,14)/t2-/m1/s1. The Kier molecular flexibility index (Phi) is 3.03. The monoisotopic (exact) mass is 248 g/mol. The number of hydrogen-bond donors (Lipinski definition) is 2. The first-order valence-electron chi connectivity index (χ1n) is 3.83. The molecule has 5 nitrogen and oxygen atoms in total. The lowest BCUT2D eigenvalue weighted by atomic mass is 10.2. The molecule has 0 radical (unpaired) electrons. The summed E-state index contributed by atoms with van der Waals surface area (Å²) in [5.41, 5.74) is 1.69. The minimum absolute atomic E-state index is 0.515. The van der Waals surface area contributed by atoms with Crippen LogP contribution in [0.4, 0.5) is 22.0 Å². The van der Waals surface area contributed by atoms with Gasteiger partial charge in [-0.3, -0.25) is 14.4 Å². The molecule has 2 N–H and O–H groups in total. The van der Waals surface area contributed by atoms with Gasteiger partial charge in [0.25, 0.3) is 5.91 Å². The van der Waals surface area contributed by atoms with Crippen LogP contribution in [0.25, 0.3) is 0 Å². The summed E-state index contributed by atoms with van der Waals surface area (Å²) in [5, 5.41) is 1.23. The Hall–Kier alpha value is -1.45. The van der Waals surface area contributed by atoms with Crippen LogP contribution in [0.1, 0.15) is 0 Å². The summed E-state index contributed by atoms with van der Waals surface area (Å²) in [5.74, 6) is -9.13. The SMILES string of the molecule is O=C1NOC[C@H]1NC(=O)C(F)(F)C(F)(F)F. The largest absolute Gasteiger partial charge is 0.463 e. The summed E-state index contributed by atoms with van der Waals surface area (Å²) in [6.45, 7) is -0.515. The van der Waals surface area contributed by atoms with Gasteiger partial charge in [-0.2, -0.15) is 22.0 Å². The van der Waals surface area contributed by atoms with E-state index in [1.807, 2.05) is 0 Å². The van der Waals surface area contributed by atoms with Crippen LogP contribution >= 0.6 is 0 Å². The fourth-order valence-electron chi connectivity index (χ4n) is 0.828. The topological polar surface area (TPSA) is 67.4 Å². The average Bonchev–Trinajstić information content (AvgIpc) is 2.49. The molecule has 1 aliphatic rings. The second kappa shape index (κ2) is 3.85. The zero-order valence-corrected chi connectivity index (χ0v) is 7.40. The number of amides is 2. The molecule has 1 heterocycles. The molecule has 0 aromatic heterocycles. The van der Waals surface area contributed by atoms with Crippen molar-refractivity contribution in [3.63, 3.8) is 0 Å². The molecule has 0 bridgehead atoms. The van der Waals surface area contributed by atoms with Crippen molar-refractivity contribution in [3.8, 4) is 0 Å². The Morgan fingerprint density at radius 3 is 2.31 bits per heavy atom. The van der Waals surface area contributed by atoms with Crippen LogP contribution in [0, 0.1) is 0 Å². The van der Waals surface area contributed by atoms with Gasteiger partial charge in [-0.25, -0.2) is 5.48 Å². The molecule has 16 heavy (non-hydrogen) atoms. The third-order valence-corrected chi connectivity index (χ3v) is 1.69. The first-order chi connectivity index (χ1) is 7.16. The predicted molar refractivity (Wildman–Crippen MR) is 37.0 cm³/mol. The number of hydroxylamine groups is 1. The van der Waals surface area contributed by atoms with E-state index in [1.165, 1.54) is 5.32 Å². The van der Waals surface area contributed by atoms with Gasteiger partial charge in [-0.05, 0) is 0 Å². The molecule has 1 saturated heterocycles. The highest BCUT2D eigenvalue weighted by molar-refractivity contribution is 5.91. The van der Waals surface area contributed by atoms with Crippen molar-refractivity contribution in [1.29, 1.82) is 0 Å². The maximum Gasteiger partial charge on any atom is 0.463 e. The van der Waals surface area contributed by atoms with Crippen LogP contribution in [0.2, 0.25) is 0 Å². The van der Waals surface area contributed by atoms with Gasteiger partial charge in [-0.1, -0.05) is 0 Å². The molecule has 0 spiro atoms. The molecule has 0 aromatic carbocycles. The molecule has 1 fully saturated rings. The highest BCUT2D eigenvalue weighted by Crippen LogP contribution is 2.35. The van der Waals surface area contributed by atoms with Crippen molar-refractivity contribution in [3.05, 3.63) is 0 Å². The van der Waals surface area contributed by atoms with Gasteiger partial charge < -0.3 is 5.32 Å². The molecule has 0 aromatic rings. The van der Waals surface area contributed by atoms with E-state index in [0.29, 0.717) is 0 Å². The van der Waals surface area contributed by atoms with Gasteiger partial charge in [0.2, 0.25) is 0 Å². The summed E-state index contributed by atoms with van der Waals surface area (Å²) in [7, 11) is 0. The van der Waals surface area contributed by atoms with E-state index < -0.39 is 36.6 Å². The second-order valence-corrected chi connectivity index (χ2v) is 2.88. The predicted octanol–water partition coefficient (Wildman–Crippen LogP) is -0.270. The molecule has 2 amide bonds. The van der Waals surface area contributed by atoms with Gasteiger partial charge >= 0.3 is 18.0 Å². The van der Waals surface area contributed by atoms with E-state index in [9.17, 15) is 31.5 Å². The van der Waals surface area contributed by atoms with Gasteiger partial charge in [0.15, 0.2) is 0 Å². The summed E-state index contributed by atoms with van der Waals surface area (Å²) in [6.07, 6.45) is -6.01. The molecule has 0 unspecified atom stereocenters. The van der Waals surface area contributed by atoms with Crippen molar-refractivity contribution in [2.24, 2.45) is 0 Å². The quantitative estimate of drug-likeness (QED) is 0.661. The number of alkyl halides is 5. The fraction of sp³-hybridized carbons (Fsp3) is 0.667. The molecule has 1 atom stereocenters. The lowest BCUT2D eigenvalue weighted by molar-refractivity contribution is -0.270. The smallest absolute Gasteiger partial charge is 0.337 e. The summed E-state index contributed by atoms with van der Waals surface area (Å²) in [6, 6.07) is -1.55. The van der Waals surface area contributed by atoms with Crippen molar-refractivity contribution < 1.29 is 36.4 Å². The Morgan fingerprint density at radius 1 is 1.38 bits per heavy atom. The number of hydrogen-bond acceptors (Lipinski definition) is 3. The van der Waals surface area contributed by atoms with Crippen LogP contribution in [0.5, 0.6) is 0 Å². The van der Waals surface area contributed by atoms with Crippen molar-refractivity contribution in [2.45, 2.75) is 18.1 Å². The van der Waals surface area contributed by atoms with Crippen LogP contribution in [-0.2, 0) is 14.4 Å². The normalized spacial score (nSPS) is 21.8. The molecular formula is C6H5F5N2O3. The molecule has 92 valence electrons. The minimum Gasteiger partial charge on any atom is -0.337 e. The number of carbonyl (C=O) groups is 2. The molecule has 0 aliphatic carbocycles. The second-order valence-electron chi connectivity index (χ2n) is 2.88. The molecule has 1 rings (SSSR count). The van der Waals surface area contributed by atoms with E-state index in [2.05, 4.69) is 4.84 Å². The highest BCUT2D eigenvalue weighted by Gasteiger charge is 2.63. The van der Waals surface area contributed by atoms with Gasteiger partial charge in [0.05, 0.1) is 0 Å².